The van der Waals surface area contributed by atoms with Gasteiger partial charge in [0, 0.05) is 12.1 Å². The summed E-state index contributed by atoms with van der Waals surface area (Å²) in [5.41, 5.74) is -1.32. The number of carbonyl (C=O) groups excluding carboxylic acids is 2. The molecule has 0 atom stereocenters. The summed E-state index contributed by atoms with van der Waals surface area (Å²) in [5, 5.41) is 11.0. The number of hydrogen-bond acceptors (Lipinski definition) is 4. The molecule has 0 spiro atoms. The molecular formula is C18H20F3NO4. The predicted octanol–water partition coefficient (Wildman–Crippen LogP) is 2.68. The number of aliphatic hydroxyl groups is 1. The van der Waals surface area contributed by atoms with Gasteiger partial charge < -0.3 is 15.2 Å². The van der Waals surface area contributed by atoms with Crippen molar-refractivity contribution in [2.75, 3.05) is 13.2 Å². The van der Waals surface area contributed by atoms with E-state index < -0.39 is 29.2 Å². The molecule has 0 unspecified atom stereocenters. The second-order valence-corrected chi connectivity index (χ2v) is 6.17. The van der Waals surface area contributed by atoms with E-state index in [1.807, 2.05) is 0 Å². The van der Waals surface area contributed by atoms with Crippen molar-refractivity contribution in [3.05, 3.63) is 47.5 Å². The average molecular weight is 371 g/mol. The molecule has 1 aliphatic rings. The van der Waals surface area contributed by atoms with Crippen LogP contribution in [-0.2, 0) is 26.1 Å². The normalized spacial score (nSPS) is 15.7. The fraction of sp³-hybridized carbons (Fsp3) is 0.444. The van der Waals surface area contributed by atoms with Gasteiger partial charge in [0.25, 0.3) is 0 Å². The number of esters is 1. The van der Waals surface area contributed by atoms with Gasteiger partial charge in [-0.15, -0.1) is 0 Å². The van der Waals surface area contributed by atoms with Crippen LogP contribution in [0.25, 0.3) is 0 Å². The van der Waals surface area contributed by atoms with Gasteiger partial charge in [-0.05, 0) is 37.0 Å². The van der Waals surface area contributed by atoms with Gasteiger partial charge in [-0.1, -0.05) is 18.7 Å². The van der Waals surface area contributed by atoms with Crippen molar-refractivity contribution in [3.8, 4) is 0 Å². The second kappa shape index (κ2) is 7.90. The summed E-state index contributed by atoms with van der Waals surface area (Å²) in [6.45, 7) is 3.38. The highest BCUT2D eigenvalue weighted by Crippen LogP contribution is 2.45. The van der Waals surface area contributed by atoms with E-state index >= 15 is 0 Å². The zero-order chi connectivity index (χ0) is 19.4. The number of alkyl halides is 3. The van der Waals surface area contributed by atoms with E-state index in [0.29, 0.717) is 18.4 Å². The number of halogens is 3. The molecular weight excluding hydrogens is 351 g/mol. The maximum atomic E-state index is 12.7. The molecule has 1 aliphatic carbocycles. The van der Waals surface area contributed by atoms with Crippen LogP contribution in [-0.4, -0.2) is 30.1 Å². The van der Waals surface area contributed by atoms with E-state index in [2.05, 4.69) is 11.9 Å². The summed E-state index contributed by atoms with van der Waals surface area (Å²) in [6, 6.07) is 4.54. The van der Waals surface area contributed by atoms with E-state index in [0.717, 1.165) is 18.6 Å². The number of hydrogen-bond donors (Lipinski definition) is 2. The Bertz CT molecular complexity index is 679. The summed E-state index contributed by atoms with van der Waals surface area (Å²) in [4.78, 5) is 23.8. The third-order valence-electron chi connectivity index (χ3n) is 4.28. The lowest BCUT2D eigenvalue weighted by atomic mass is 9.74. The molecule has 0 aromatic heterocycles. The van der Waals surface area contributed by atoms with Crippen LogP contribution in [0.3, 0.4) is 0 Å². The highest BCUT2D eigenvalue weighted by atomic mass is 19.4. The number of nitrogens with one attached hydrogen (secondary N) is 1. The molecule has 1 saturated carbocycles. The van der Waals surface area contributed by atoms with Crippen LogP contribution in [0.15, 0.2) is 36.4 Å². The lowest BCUT2D eigenvalue weighted by molar-refractivity contribution is -0.167. The number of aliphatic hydroxyl groups excluding tert-OH is 1. The highest BCUT2D eigenvalue weighted by molar-refractivity contribution is 5.94. The Morgan fingerprint density at radius 3 is 2.31 bits per heavy atom. The maximum Gasteiger partial charge on any atom is 0.416 e. The lowest BCUT2D eigenvalue weighted by Gasteiger charge is -2.41. The van der Waals surface area contributed by atoms with Gasteiger partial charge in [-0.2, -0.15) is 13.2 Å². The average Bonchev–Trinajstić information content (AvgIpc) is 2.55. The Hall–Kier alpha value is -2.35. The third-order valence-corrected chi connectivity index (χ3v) is 4.28. The Labute approximate surface area is 148 Å². The molecule has 26 heavy (non-hydrogen) atoms. The molecule has 8 heteroatoms. The van der Waals surface area contributed by atoms with Crippen molar-refractivity contribution in [3.63, 3.8) is 0 Å². The summed E-state index contributed by atoms with van der Waals surface area (Å²) >= 11 is 0. The molecule has 2 rings (SSSR count). The zero-order valence-corrected chi connectivity index (χ0v) is 14.1. The van der Waals surface area contributed by atoms with Gasteiger partial charge in [-0.25, -0.2) is 4.79 Å². The van der Waals surface area contributed by atoms with E-state index in [-0.39, 0.29) is 25.1 Å². The van der Waals surface area contributed by atoms with E-state index in [1.165, 1.54) is 12.1 Å². The van der Waals surface area contributed by atoms with Gasteiger partial charge in [0.05, 0.1) is 18.6 Å². The van der Waals surface area contributed by atoms with Crippen molar-refractivity contribution in [1.82, 2.24) is 5.32 Å². The van der Waals surface area contributed by atoms with Crippen LogP contribution in [0.5, 0.6) is 0 Å². The van der Waals surface area contributed by atoms with E-state index in [9.17, 15) is 22.8 Å². The van der Waals surface area contributed by atoms with Crippen LogP contribution < -0.4 is 5.32 Å². The largest absolute Gasteiger partial charge is 0.451 e. The molecule has 0 aliphatic heterocycles. The summed E-state index contributed by atoms with van der Waals surface area (Å²) < 4.78 is 43.6. The first-order valence-corrected chi connectivity index (χ1v) is 8.14. The predicted molar refractivity (Wildman–Crippen MR) is 86.9 cm³/mol. The zero-order valence-electron chi connectivity index (χ0n) is 14.1. The maximum absolute atomic E-state index is 12.7. The topological polar surface area (TPSA) is 75.6 Å². The minimum atomic E-state index is -4.43. The number of benzene rings is 1. The van der Waals surface area contributed by atoms with Crippen molar-refractivity contribution >= 4 is 11.9 Å². The van der Waals surface area contributed by atoms with Gasteiger partial charge in [0.15, 0.2) is 0 Å². The number of carbonyl (C=O) groups is 2. The van der Waals surface area contributed by atoms with Crippen molar-refractivity contribution in [2.45, 2.75) is 37.5 Å². The standard InChI is InChI=1S/C18H20F3NO4/c1-12(11-15(24)22-9-10-23)16(25)26-17(7-2-8-17)13-3-5-14(6-4-13)18(19,20)21/h3-6,23H,1-2,7-11H2,(H,22,24). The first kappa shape index (κ1) is 20.0. The molecule has 1 fully saturated rings. The highest BCUT2D eigenvalue weighted by Gasteiger charge is 2.43. The van der Waals surface area contributed by atoms with E-state index in [1.54, 1.807) is 0 Å². The number of ether oxygens (including phenoxy) is 1. The summed E-state index contributed by atoms with van der Waals surface area (Å²) in [5.74, 6) is -1.23. The molecule has 2 N–H and O–H groups in total. The monoisotopic (exact) mass is 371 g/mol. The van der Waals surface area contributed by atoms with Crippen molar-refractivity contribution in [1.29, 1.82) is 0 Å². The fourth-order valence-corrected chi connectivity index (χ4v) is 2.68. The molecule has 1 aromatic rings. The smallest absolute Gasteiger partial charge is 0.416 e. The minimum Gasteiger partial charge on any atom is -0.451 e. The summed E-state index contributed by atoms with van der Waals surface area (Å²) in [7, 11) is 0. The van der Waals surface area contributed by atoms with Crippen LogP contribution >= 0.6 is 0 Å². The number of amides is 1. The molecule has 1 amide bonds. The molecule has 0 saturated heterocycles. The van der Waals surface area contributed by atoms with Crippen molar-refractivity contribution < 1.29 is 32.6 Å². The molecule has 1 aromatic carbocycles. The first-order valence-electron chi connectivity index (χ1n) is 8.14. The van der Waals surface area contributed by atoms with Gasteiger partial charge in [0.2, 0.25) is 5.91 Å². The third kappa shape index (κ3) is 4.63. The van der Waals surface area contributed by atoms with Gasteiger partial charge in [0.1, 0.15) is 5.60 Å². The molecule has 5 nitrogen and oxygen atoms in total. The molecule has 142 valence electrons. The Morgan fingerprint density at radius 2 is 1.85 bits per heavy atom. The second-order valence-electron chi connectivity index (χ2n) is 6.17. The van der Waals surface area contributed by atoms with Crippen molar-refractivity contribution in [2.24, 2.45) is 0 Å². The van der Waals surface area contributed by atoms with E-state index in [4.69, 9.17) is 9.84 Å². The minimum absolute atomic E-state index is 0.0568. The molecule has 0 heterocycles. The van der Waals surface area contributed by atoms with Crippen LogP contribution in [0, 0.1) is 0 Å². The van der Waals surface area contributed by atoms with Crippen LogP contribution in [0.4, 0.5) is 13.2 Å². The quantitative estimate of drug-likeness (QED) is 0.571. The lowest BCUT2D eigenvalue weighted by Crippen LogP contribution is -2.40. The molecule has 0 bridgehead atoms. The Balaban J connectivity index is 2.04. The number of rotatable bonds is 7. The Kier molecular flexibility index (Phi) is 6.07. The first-order chi connectivity index (χ1) is 12.2. The van der Waals surface area contributed by atoms with Crippen LogP contribution in [0.1, 0.15) is 36.8 Å². The fourth-order valence-electron chi connectivity index (χ4n) is 2.68. The SMILES string of the molecule is C=C(CC(=O)NCCO)C(=O)OC1(c2ccc(C(F)(F)F)cc2)CCC1. The van der Waals surface area contributed by atoms with Gasteiger partial charge >= 0.3 is 12.1 Å². The summed E-state index contributed by atoms with van der Waals surface area (Å²) in [6.07, 6.45) is -2.94. The molecule has 0 radical (unpaired) electrons. The van der Waals surface area contributed by atoms with Gasteiger partial charge in [-0.3, -0.25) is 4.79 Å². The van der Waals surface area contributed by atoms with Crippen LogP contribution in [0.2, 0.25) is 0 Å². The Morgan fingerprint density at radius 1 is 1.23 bits per heavy atom.